The highest BCUT2D eigenvalue weighted by atomic mass is 35.5. The lowest BCUT2D eigenvalue weighted by Crippen LogP contribution is -2.14. The molecular formula is C15H24ClNO2. The van der Waals surface area contributed by atoms with E-state index in [4.69, 9.17) is 21.1 Å². The first-order valence-electron chi connectivity index (χ1n) is 6.83. The van der Waals surface area contributed by atoms with E-state index in [2.05, 4.69) is 26.1 Å². The minimum absolute atomic E-state index is 0.555. The number of nitrogens with one attached hydrogen (secondary N) is 1. The first kappa shape index (κ1) is 16.3. The lowest BCUT2D eigenvalue weighted by molar-refractivity contribution is 0.0816. The van der Waals surface area contributed by atoms with Gasteiger partial charge in [0.15, 0.2) is 0 Å². The third-order valence-corrected chi connectivity index (χ3v) is 2.76. The Balaban J connectivity index is 2.43. The molecule has 0 bridgehead atoms. The van der Waals surface area contributed by atoms with Gasteiger partial charge in [0.05, 0.1) is 6.61 Å². The third-order valence-electron chi connectivity index (χ3n) is 2.52. The molecule has 1 aromatic carbocycles. The Morgan fingerprint density at radius 2 is 2.05 bits per heavy atom. The summed E-state index contributed by atoms with van der Waals surface area (Å²) in [5.74, 6) is 1.43. The molecule has 1 rings (SSSR count). The second kappa shape index (κ2) is 9.18. The van der Waals surface area contributed by atoms with Crippen molar-refractivity contribution >= 4 is 11.6 Å². The second-order valence-corrected chi connectivity index (χ2v) is 5.29. The molecule has 0 aliphatic carbocycles. The van der Waals surface area contributed by atoms with Gasteiger partial charge in [0.2, 0.25) is 0 Å². The predicted molar refractivity (Wildman–Crippen MR) is 80.0 cm³/mol. The van der Waals surface area contributed by atoms with Crippen molar-refractivity contribution in [3.05, 3.63) is 28.8 Å². The highest BCUT2D eigenvalue weighted by Crippen LogP contribution is 2.22. The highest BCUT2D eigenvalue weighted by molar-refractivity contribution is 6.30. The summed E-state index contributed by atoms with van der Waals surface area (Å²) >= 11 is 6.01. The summed E-state index contributed by atoms with van der Waals surface area (Å²) in [7, 11) is 0. The van der Waals surface area contributed by atoms with Gasteiger partial charge in [0.25, 0.3) is 0 Å². The Labute approximate surface area is 121 Å². The van der Waals surface area contributed by atoms with E-state index in [1.165, 1.54) is 0 Å². The van der Waals surface area contributed by atoms with Crippen molar-refractivity contribution in [2.24, 2.45) is 5.92 Å². The van der Waals surface area contributed by atoms with Crippen LogP contribution in [-0.4, -0.2) is 26.4 Å². The number of hydrogen-bond donors (Lipinski definition) is 1. The summed E-state index contributed by atoms with van der Waals surface area (Å²) in [5, 5.41) is 4.01. The smallest absolute Gasteiger partial charge is 0.124 e. The molecule has 1 aromatic rings. The summed E-state index contributed by atoms with van der Waals surface area (Å²) in [4.78, 5) is 0. The molecule has 0 saturated carbocycles. The van der Waals surface area contributed by atoms with Crippen molar-refractivity contribution in [2.75, 3.05) is 26.4 Å². The zero-order valence-electron chi connectivity index (χ0n) is 12.0. The molecule has 3 nitrogen and oxygen atoms in total. The fourth-order valence-electron chi connectivity index (χ4n) is 1.62. The minimum Gasteiger partial charge on any atom is -0.491 e. The summed E-state index contributed by atoms with van der Waals surface area (Å²) < 4.78 is 11.2. The molecule has 108 valence electrons. The Morgan fingerprint density at radius 3 is 2.74 bits per heavy atom. The van der Waals surface area contributed by atoms with Gasteiger partial charge in [-0.1, -0.05) is 32.4 Å². The van der Waals surface area contributed by atoms with Crippen LogP contribution in [0.25, 0.3) is 0 Å². The van der Waals surface area contributed by atoms with Crippen LogP contribution in [0.4, 0.5) is 0 Å². The molecule has 0 heterocycles. The highest BCUT2D eigenvalue weighted by Gasteiger charge is 2.04. The standard InChI is InChI=1S/C15H24ClNO2/c1-4-17-10-13-9-14(16)5-6-15(13)19-8-7-18-11-12(2)3/h5-6,9,12,17H,4,7-8,10-11H2,1-3H3. The maximum absolute atomic E-state index is 6.01. The molecular weight excluding hydrogens is 262 g/mol. The van der Waals surface area contributed by atoms with Gasteiger partial charge in [-0.3, -0.25) is 0 Å². The van der Waals surface area contributed by atoms with E-state index < -0.39 is 0 Å². The fraction of sp³-hybridized carbons (Fsp3) is 0.600. The fourth-order valence-corrected chi connectivity index (χ4v) is 1.81. The van der Waals surface area contributed by atoms with Crippen molar-refractivity contribution in [1.82, 2.24) is 5.32 Å². The van der Waals surface area contributed by atoms with Crippen molar-refractivity contribution in [2.45, 2.75) is 27.3 Å². The molecule has 0 saturated heterocycles. The first-order chi connectivity index (χ1) is 9.13. The summed E-state index contributed by atoms with van der Waals surface area (Å²) in [6, 6.07) is 5.70. The van der Waals surface area contributed by atoms with Crippen LogP contribution in [0.3, 0.4) is 0 Å². The molecule has 19 heavy (non-hydrogen) atoms. The van der Waals surface area contributed by atoms with E-state index in [-0.39, 0.29) is 0 Å². The topological polar surface area (TPSA) is 30.5 Å². The van der Waals surface area contributed by atoms with Gasteiger partial charge in [-0.15, -0.1) is 0 Å². The maximum atomic E-state index is 6.01. The van der Waals surface area contributed by atoms with Crippen LogP contribution in [0.15, 0.2) is 18.2 Å². The SMILES string of the molecule is CCNCc1cc(Cl)ccc1OCCOCC(C)C. The van der Waals surface area contributed by atoms with Gasteiger partial charge < -0.3 is 14.8 Å². The average Bonchev–Trinajstić information content (AvgIpc) is 2.37. The number of rotatable bonds is 9. The molecule has 0 atom stereocenters. The summed E-state index contributed by atoms with van der Waals surface area (Å²) in [6.07, 6.45) is 0. The largest absolute Gasteiger partial charge is 0.491 e. The molecule has 0 aliphatic heterocycles. The van der Waals surface area contributed by atoms with Crippen molar-refractivity contribution < 1.29 is 9.47 Å². The lowest BCUT2D eigenvalue weighted by atomic mass is 10.2. The quantitative estimate of drug-likeness (QED) is 0.705. The predicted octanol–water partition coefficient (Wildman–Crippen LogP) is 3.50. The van der Waals surface area contributed by atoms with Gasteiger partial charge in [-0.05, 0) is 30.7 Å². The molecule has 0 aromatic heterocycles. The van der Waals surface area contributed by atoms with E-state index in [0.29, 0.717) is 19.1 Å². The number of benzene rings is 1. The molecule has 0 fully saturated rings. The zero-order chi connectivity index (χ0) is 14.1. The van der Waals surface area contributed by atoms with Crippen LogP contribution in [0.5, 0.6) is 5.75 Å². The minimum atomic E-state index is 0.555. The molecule has 0 amide bonds. The van der Waals surface area contributed by atoms with Gasteiger partial charge in [-0.25, -0.2) is 0 Å². The molecule has 0 unspecified atom stereocenters. The number of ether oxygens (including phenoxy) is 2. The summed E-state index contributed by atoms with van der Waals surface area (Å²) in [6.45, 7) is 9.97. The zero-order valence-corrected chi connectivity index (χ0v) is 12.8. The van der Waals surface area contributed by atoms with Crippen LogP contribution in [0.2, 0.25) is 5.02 Å². The van der Waals surface area contributed by atoms with Gasteiger partial charge in [-0.2, -0.15) is 0 Å². The number of halogens is 1. The molecule has 4 heteroatoms. The molecule has 0 aliphatic rings. The van der Waals surface area contributed by atoms with Gasteiger partial charge >= 0.3 is 0 Å². The van der Waals surface area contributed by atoms with Crippen molar-refractivity contribution in [1.29, 1.82) is 0 Å². The van der Waals surface area contributed by atoms with E-state index in [1.54, 1.807) is 0 Å². The first-order valence-corrected chi connectivity index (χ1v) is 7.21. The maximum Gasteiger partial charge on any atom is 0.124 e. The van der Waals surface area contributed by atoms with Crippen LogP contribution < -0.4 is 10.1 Å². The Kier molecular flexibility index (Phi) is 7.87. The molecule has 0 radical (unpaired) electrons. The molecule has 0 spiro atoms. The van der Waals surface area contributed by atoms with Gasteiger partial charge in [0.1, 0.15) is 12.4 Å². The van der Waals surface area contributed by atoms with E-state index in [0.717, 1.165) is 36.0 Å². The Morgan fingerprint density at radius 1 is 1.26 bits per heavy atom. The normalized spacial score (nSPS) is 11.0. The Bertz CT molecular complexity index is 369. The van der Waals surface area contributed by atoms with Crippen LogP contribution >= 0.6 is 11.6 Å². The number of hydrogen-bond acceptors (Lipinski definition) is 3. The average molecular weight is 286 g/mol. The summed E-state index contributed by atoms with van der Waals surface area (Å²) in [5.41, 5.74) is 1.08. The van der Waals surface area contributed by atoms with Crippen molar-refractivity contribution in [3.8, 4) is 5.75 Å². The van der Waals surface area contributed by atoms with E-state index in [1.807, 2.05) is 18.2 Å². The lowest BCUT2D eigenvalue weighted by Gasteiger charge is -2.13. The van der Waals surface area contributed by atoms with Crippen LogP contribution in [0.1, 0.15) is 26.3 Å². The van der Waals surface area contributed by atoms with E-state index in [9.17, 15) is 0 Å². The second-order valence-electron chi connectivity index (χ2n) is 4.85. The van der Waals surface area contributed by atoms with Crippen LogP contribution in [0, 0.1) is 5.92 Å². The van der Waals surface area contributed by atoms with Crippen molar-refractivity contribution in [3.63, 3.8) is 0 Å². The third kappa shape index (κ3) is 6.81. The van der Waals surface area contributed by atoms with E-state index >= 15 is 0 Å². The Hall–Kier alpha value is -0.770. The van der Waals surface area contributed by atoms with Gasteiger partial charge in [0, 0.05) is 23.7 Å². The van der Waals surface area contributed by atoms with Crippen LogP contribution in [-0.2, 0) is 11.3 Å². The molecule has 1 N–H and O–H groups in total. The monoisotopic (exact) mass is 285 g/mol.